The van der Waals surface area contributed by atoms with Crippen LogP contribution < -0.4 is 21.1 Å². The van der Waals surface area contributed by atoms with E-state index in [1.807, 2.05) is 0 Å². The van der Waals surface area contributed by atoms with E-state index in [9.17, 15) is 9.90 Å². The molecule has 1 amide bonds. The second-order valence-electron chi connectivity index (χ2n) is 4.27. The monoisotopic (exact) mass is 271 g/mol. The number of primary amides is 1. The topological polar surface area (TPSA) is 102 Å². The second-order valence-corrected chi connectivity index (χ2v) is 5.26. The molecule has 1 saturated heterocycles. The number of aliphatic hydroxyl groups excluding tert-OH is 1. The van der Waals surface area contributed by atoms with E-state index in [2.05, 4.69) is 4.90 Å². The van der Waals surface area contributed by atoms with E-state index < -0.39 is 5.91 Å². The van der Waals surface area contributed by atoms with Gasteiger partial charge in [0.15, 0.2) is 5.75 Å². The van der Waals surface area contributed by atoms with Crippen molar-refractivity contribution in [2.24, 2.45) is 5.73 Å². The summed E-state index contributed by atoms with van der Waals surface area (Å²) >= 11 is 1.25. The highest BCUT2D eigenvalue weighted by Crippen LogP contribution is 2.45. The lowest BCUT2D eigenvalue weighted by molar-refractivity contribution is 0.100. The number of aliphatic hydroxyl groups is 1. The van der Waals surface area contributed by atoms with Crippen molar-refractivity contribution < 1.29 is 14.6 Å². The van der Waals surface area contributed by atoms with Crippen molar-refractivity contribution in [2.75, 3.05) is 30.8 Å². The smallest absolute Gasteiger partial charge is 0.261 e. The number of ether oxygens (including phenoxy) is 1. The third-order valence-corrected chi connectivity index (χ3v) is 4.32. The zero-order valence-electron chi connectivity index (χ0n) is 10.2. The van der Waals surface area contributed by atoms with Gasteiger partial charge in [0.25, 0.3) is 5.91 Å². The fraction of sp³-hybridized carbons (Fsp3) is 0.545. The molecule has 0 radical (unpaired) electrons. The van der Waals surface area contributed by atoms with Crippen LogP contribution in [0.15, 0.2) is 0 Å². The van der Waals surface area contributed by atoms with Crippen LogP contribution in [0.25, 0.3) is 0 Å². The average Bonchev–Trinajstić information content (AvgIpc) is 2.67. The fourth-order valence-corrected chi connectivity index (χ4v) is 3.17. The van der Waals surface area contributed by atoms with Crippen molar-refractivity contribution in [1.82, 2.24) is 0 Å². The van der Waals surface area contributed by atoms with Crippen LogP contribution in [0.5, 0.6) is 5.75 Å². The van der Waals surface area contributed by atoms with Crippen LogP contribution in [0.1, 0.15) is 22.5 Å². The predicted molar refractivity (Wildman–Crippen MR) is 71.3 cm³/mol. The number of nitrogen functional groups attached to an aromatic ring is 1. The van der Waals surface area contributed by atoms with Gasteiger partial charge in [-0.1, -0.05) is 0 Å². The molecule has 5 N–H and O–H groups in total. The number of carbonyl (C=O) groups excluding carboxylic acids is 1. The van der Waals surface area contributed by atoms with Gasteiger partial charge in [0.2, 0.25) is 0 Å². The molecule has 0 aromatic carbocycles. The Labute approximate surface area is 109 Å². The van der Waals surface area contributed by atoms with E-state index in [1.165, 1.54) is 18.4 Å². The van der Waals surface area contributed by atoms with E-state index in [0.29, 0.717) is 29.2 Å². The summed E-state index contributed by atoms with van der Waals surface area (Å²) in [5, 5.41) is 10.3. The summed E-state index contributed by atoms with van der Waals surface area (Å²) in [5.74, 6) is -0.0377. The summed E-state index contributed by atoms with van der Waals surface area (Å²) in [6, 6.07) is 0. The van der Waals surface area contributed by atoms with E-state index in [-0.39, 0.29) is 6.10 Å². The summed E-state index contributed by atoms with van der Waals surface area (Å²) in [7, 11) is 1.52. The lowest BCUT2D eigenvalue weighted by Crippen LogP contribution is -2.35. The zero-order chi connectivity index (χ0) is 13.3. The Morgan fingerprint density at radius 3 is 2.61 bits per heavy atom. The van der Waals surface area contributed by atoms with Crippen molar-refractivity contribution in [1.29, 1.82) is 0 Å². The summed E-state index contributed by atoms with van der Waals surface area (Å²) < 4.78 is 5.26. The molecule has 0 spiro atoms. The van der Waals surface area contributed by atoms with Crippen molar-refractivity contribution in [3.05, 3.63) is 4.88 Å². The molecule has 1 aromatic heterocycles. The number of thiophene rings is 1. The van der Waals surface area contributed by atoms with Gasteiger partial charge in [0.05, 0.1) is 13.2 Å². The first-order chi connectivity index (χ1) is 8.54. The van der Waals surface area contributed by atoms with Crippen LogP contribution in [-0.4, -0.2) is 37.3 Å². The number of methoxy groups -OCH3 is 1. The average molecular weight is 271 g/mol. The van der Waals surface area contributed by atoms with Crippen LogP contribution in [0.4, 0.5) is 10.7 Å². The minimum Gasteiger partial charge on any atom is -0.492 e. The van der Waals surface area contributed by atoms with E-state index in [1.54, 1.807) is 0 Å². The molecule has 18 heavy (non-hydrogen) atoms. The maximum absolute atomic E-state index is 11.3. The molecule has 0 aliphatic carbocycles. The van der Waals surface area contributed by atoms with Crippen LogP contribution >= 0.6 is 11.3 Å². The number of hydrogen-bond acceptors (Lipinski definition) is 6. The maximum atomic E-state index is 11.3. The number of nitrogens with two attached hydrogens (primary N) is 2. The lowest BCUT2D eigenvalue weighted by Gasteiger charge is -2.30. The van der Waals surface area contributed by atoms with Crippen molar-refractivity contribution in [3.8, 4) is 5.75 Å². The third-order valence-electron chi connectivity index (χ3n) is 3.06. The first-order valence-corrected chi connectivity index (χ1v) is 6.55. The summed E-state index contributed by atoms with van der Waals surface area (Å²) in [6.07, 6.45) is 1.15. The molecule has 1 aromatic rings. The second kappa shape index (κ2) is 5.03. The lowest BCUT2D eigenvalue weighted by atomic mass is 10.1. The van der Waals surface area contributed by atoms with Gasteiger partial charge in [-0.3, -0.25) is 4.79 Å². The number of carbonyl (C=O) groups is 1. The largest absolute Gasteiger partial charge is 0.492 e. The summed E-state index contributed by atoms with van der Waals surface area (Å²) in [6.45, 7) is 1.44. The molecule has 7 heteroatoms. The highest BCUT2D eigenvalue weighted by atomic mass is 32.1. The minimum absolute atomic E-state index is 0.250. The molecule has 1 aliphatic heterocycles. The molecular formula is C11H17N3O3S. The van der Waals surface area contributed by atoms with Gasteiger partial charge in [-0.15, -0.1) is 11.3 Å². The molecule has 100 valence electrons. The van der Waals surface area contributed by atoms with Gasteiger partial charge < -0.3 is 26.2 Å². The van der Waals surface area contributed by atoms with Crippen molar-refractivity contribution >= 4 is 27.9 Å². The van der Waals surface area contributed by atoms with Gasteiger partial charge in [-0.25, -0.2) is 0 Å². The van der Waals surface area contributed by atoms with Crippen LogP contribution in [0.2, 0.25) is 0 Å². The van der Waals surface area contributed by atoms with Gasteiger partial charge >= 0.3 is 0 Å². The van der Waals surface area contributed by atoms with Crippen LogP contribution in [-0.2, 0) is 0 Å². The van der Waals surface area contributed by atoms with Gasteiger partial charge in [0, 0.05) is 13.1 Å². The zero-order valence-corrected chi connectivity index (χ0v) is 11.0. The van der Waals surface area contributed by atoms with E-state index in [0.717, 1.165) is 18.1 Å². The molecule has 2 heterocycles. The minimum atomic E-state index is -0.543. The highest BCUT2D eigenvalue weighted by molar-refractivity contribution is 7.19. The van der Waals surface area contributed by atoms with Gasteiger partial charge in [0.1, 0.15) is 15.6 Å². The van der Waals surface area contributed by atoms with Gasteiger partial charge in [-0.05, 0) is 12.8 Å². The molecule has 2 rings (SSSR count). The maximum Gasteiger partial charge on any atom is 0.261 e. The van der Waals surface area contributed by atoms with Crippen LogP contribution in [0.3, 0.4) is 0 Å². The fourth-order valence-electron chi connectivity index (χ4n) is 2.07. The molecule has 1 fully saturated rings. The van der Waals surface area contributed by atoms with Crippen LogP contribution in [0, 0.1) is 0 Å². The molecule has 1 aliphatic rings. The van der Waals surface area contributed by atoms with Crippen molar-refractivity contribution in [3.63, 3.8) is 0 Å². The first-order valence-electron chi connectivity index (χ1n) is 5.73. The Hall–Kier alpha value is -1.47. The summed E-state index contributed by atoms with van der Waals surface area (Å²) in [4.78, 5) is 13.7. The number of nitrogens with zero attached hydrogens (tertiary/aromatic N) is 1. The Bertz CT molecular complexity index is 453. The van der Waals surface area contributed by atoms with E-state index >= 15 is 0 Å². The highest BCUT2D eigenvalue weighted by Gasteiger charge is 2.26. The normalized spacial score (nSPS) is 16.9. The molecular weight excluding hydrogens is 254 g/mol. The number of amides is 1. The predicted octanol–water partition coefficient (Wildman–Crippen LogP) is 0.399. The molecule has 0 bridgehead atoms. The quantitative estimate of drug-likeness (QED) is 0.738. The Kier molecular flexibility index (Phi) is 3.63. The molecule has 0 unspecified atom stereocenters. The number of hydrogen-bond donors (Lipinski definition) is 3. The first kappa shape index (κ1) is 13.0. The third kappa shape index (κ3) is 2.23. The Morgan fingerprint density at radius 1 is 1.50 bits per heavy atom. The molecule has 0 atom stereocenters. The molecule has 0 saturated carbocycles. The van der Waals surface area contributed by atoms with Gasteiger partial charge in [-0.2, -0.15) is 0 Å². The standard InChI is InChI=1S/C11H17N3O3S/c1-17-8-7(12)9(10(13)16)18-11(8)14-4-2-6(15)3-5-14/h6,15H,2-5,12H2,1H3,(H2,13,16). The summed E-state index contributed by atoms with van der Waals surface area (Å²) in [5.41, 5.74) is 11.4. The number of piperidine rings is 1. The van der Waals surface area contributed by atoms with Crippen molar-refractivity contribution in [2.45, 2.75) is 18.9 Å². The number of anilines is 2. The number of rotatable bonds is 3. The van der Waals surface area contributed by atoms with E-state index in [4.69, 9.17) is 16.2 Å². The molecule has 6 nitrogen and oxygen atoms in total. The SMILES string of the molecule is COc1c(N2CCC(O)CC2)sc(C(N)=O)c1N. The Morgan fingerprint density at radius 2 is 2.11 bits per heavy atom. The Balaban J connectivity index is 2.32.